The van der Waals surface area contributed by atoms with Crippen LogP contribution in [0.4, 0.5) is 9.59 Å². The maximum absolute atomic E-state index is 11.7. The van der Waals surface area contributed by atoms with Crippen LogP contribution in [0.1, 0.15) is 86.7 Å². The number of aryl methyl sites for hydroxylation is 3. The van der Waals surface area contributed by atoms with Crippen LogP contribution in [0.3, 0.4) is 0 Å². The van der Waals surface area contributed by atoms with Crippen LogP contribution in [0.5, 0.6) is 0 Å². The molecule has 15 nitrogen and oxygen atoms in total. The zero-order valence-electron chi connectivity index (χ0n) is 35.9. The normalized spacial score (nSPS) is 11.0. The quantitative estimate of drug-likeness (QED) is 0.0781. The molecule has 0 aliphatic carbocycles. The Labute approximate surface area is 370 Å². The summed E-state index contributed by atoms with van der Waals surface area (Å²) >= 11 is 9.25. The zero-order chi connectivity index (χ0) is 44.4. The number of amides is 2. The van der Waals surface area contributed by atoms with Crippen molar-refractivity contribution in [3.63, 3.8) is 0 Å². The highest BCUT2D eigenvalue weighted by atomic mass is 35.5. The van der Waals surface area contributed by atoms with E-state index in [0.29, 0.717) is 43.5 Å². The number of thiazole rings is 2. The number of aromatic nitrogens is 8. The van der Waals surface area contributed by atoms with Gasteiger partial charge in [-0.15, -0.1) is 22.7 Å². The lowest BCUT2D eigenvalue weighted by Gasteiger charge is -2.19. The summed E-state index contributed by atoms with van der Waals surface area (Å²) in [6.07, 6.45) is 13.0. The molecule has 6 heterocycles. The smallest absolute Gasteiger partial charge is 0.407 e. The van der Waals surface area contributed by atoms with Crippen molar-refractivity contribution < 1.29 is 19.1 Å². The zero-order valence-corrected chi connectivity index (χ0v) is 38.2. The van der Waals surface area contributed by atoms with E-state index in [4.69, 9.17) is 26.8 Å². The molecule has 0 aromatic carbocycles. The molecule has 0 bridgehead atoms. The molecule has 0 aliphatic heterocycles. The van der Waals surface area contributed by atoms with E-state index in [1.54, 1.807) is 53.5 Å². The molecule has 0 aliphatic rings. The van der Waals surface area contributed by atoms with Crippen molar-refractivity contribution in [1.82, 2.24) is 50.5 Å². The Bertz CT molecular complexity index is 2260. The Morgan fingerprint density at radius 1 is 0.672 bits per heavy atom. The molecule has 6 aromatic rings. The largest absolute Gasteiger partial charge is 0.444 e. The van der Waals surface area contributed by atoms with Crippen molar-refractivity contribution >= 4 is 46.5 Å². The molecule has 4 N–H and O–H groups in total. The second-order valence-corrected chi connectivity index (χ2v) is 18.1. The third kappa shape index (κ3) is 18.8. The molecular formula is C43H54ClN11O4S2. The molecule has 2 amide bonds. The average molecular weight is 889 g/mol. The predicted molar refractivity (Wildman–Crippen MR) is 241 cm³/mol. The third-order valence-electron chi connectivity index (χ3n) is 7.60. The Balaban J connectivity index is 0.000000226. The summed E-state index contributed by atoms with van der Waals surface area (Å²) < 4.78 is 10.2. The molecule has 0 saturated heterocycles. The van der Waals surface area contributed by atoms with Crippen LogP contribution < -0.4 is 16.4 Å². The Hall–Kier alpha value is -5.49. The van der Waals surface area contributed by atoms with E-state index in [0.717, 1.165) is 66.6 Å². The van der Waals surface area contributed by atoms with Crippen LogP contribution in [-0.2, 0) is 28.7 Å². The molecule has 0 radical (unpaired) electrons. The van der Waals surface area contributed by atoms with Gasteiger partial charge in [0.25, 0.3) is 0 Å². The molecule has 0 spiro atoms. The van der Waals surface area contributed by atoms with Crippen molar-refractivity contribution in [2.45, 2.75) is 92.3 Å². The topological polar surface area (TPSA) is 206 Å². The molecule has 0 fully saturated rings. The molecule has 18 heteroatoms. The fraction of sp³-hybridized carbons (Fsp3) is 0.395. The van der Waals surface area contributed by atoms with E-state index in [-0.39, 0.29) is 0 Å². The van der Waals surface area contributed by atoms with E-state index in [1.807, 2.05) is 98.1 Å². The Morgan fingerprint density at radius 3 is 1.57 bits per heavy atom. The molecule has 61 heavy (non-hydrogen) atoms. The van der Waals surface area contributed by atoms with E-state index in [1.165, 1.54) is 0 Å². The first-order chi connectivity index (χ1) is 28.9. The summed E-state index contributed by atoms with van der Waals surface area (Å²) in [6.45, 7) is 16.1. The van der Waals surface area contributed by atoms with E-state index >= 15 is 0 Å². The number of ether oxygens (including phenoxy) is 2. The van der Waals surface area contributed by atoms with Crippen LogP contribution in [-0.4, -0.2) is 82.9 Å². The minimum absolute atomic E-state index is 0.393. The lowest BCUT2D eigenvalue weighted by Crippen LogP contribution is -2.35. The van der Waals surface area contributed by atoms with Gasteiger partial charge in [-0.05, 0) is 116 Å². The summed E-state index contributed by atoms with van der Waals surface area (Å²) in [5.41, 5.74) is 9.30. The van der Waals surface area contributed by atoms with Gasteiger partial charge in [-0.25, -0.2) is 39.5 Å². The van der Waals surface area contributed by atoms with E-state index in [2.05, 4.69) is 50.5 Å². The van der Waals surface area contributed by atoms with Crippen molar-refractivity contribution in [1.29, 1.82) is 0 Å². The number of rotatable bonds is 12. The molecule has 0 unspecified atom stereocenters. The number of alkyl carbamates (subject to hydrolysis) is 2. The second-order valence-electron chi connectivity index (χ2n) is 15.4. The van der Waals surface area contributed by atoms with E-state index in [9.17, 15) is 9.59 Å². The number of nitrogens with zero attached hydrogens (tertiary/aromatic N) is 8. The summed E-state index contributed by atoms with van der Waals surface area (Å²) in [5.74, 6) is 1.42. The maximum atomic E-state index is 11.7. The fourth-order valence-electron chi connectivity index (χ4n) is 5.25. The lowest BCUT2D eigenvalue weighted by molar-refractivity contribution is 0.0516. The summed E-state index contributed by atoms with van der Waals surface area (Å²) in [5, 5.41) is 7.77. The minimum atomic E-state index is -0.490. The standard InChI is InChI=1S/C22H27N5O2S.C14H11ClN4S.C7H16N2O2/c1-15-26-17(6-5-9-24-21(28)29-22(2,3)4)12-18(27-15)13-20-25-14-19(30-20)16-7-10-23-11-8-16;1-9-18-11(6-13(15)19-9)7-14-17-8-12(20-14)10-2-4-16-5-3-10;1-7(2,3)11-6(10)9-5-4-8/h7-8,10-12,14H,5-6,9,13H2,1-4H3,(H,24,28);2-6,8H,7H2,1H3;4-5,8H2,1-3H3,(H,9,10). The first kappa shape index (κ1) is 48.2. The number of halogens is 1. The van der Waals surface area contributed by atoms with Crippen molar-refractivity contribution in [3.8, 4) is 20.9 Å². The SMILES string of the molecule is CC(C)(C)OC(=O)NCCN.Cc1nc(CCCNC(=O)OC(C)(C)C)cc(Cc2ncc(-c3ccncc3)s2)n1.Cc1nc(Cl)cc(Cc2ncc(-c3ccncc3)s2)n1. The number of pyridine rings is 2. The van der Waals surface area contributed by atoms with Gasteiger partial charge in [-0.1, -0.05) is 11.6 Å². The van der Waals surface area contributed by atoms with Gasteiger partial charge in [0.1, 0.15) is 28.0 Å². The summed E-state index contributed by atoms with van der Waals surface area (Å²) in [6, 6.07) is 11.7. The summed E-state index contributed by atoms with van der Waals surface area (Å²) in [4.78, 5) is 59.4. The van der Waals surface area contributed by atoms with Gasteiger partial charge >= 0.3 is 12.2 Å². The van der Waals surface area contributed by atoms with Gasteiger partial charge in [0.15, 0.2) is 0 Å². The predicted octanol–water partition coefficient (Wildman–Crippen LogP) is 8.37. The van der Waals surface area contributed by atoms with Crippen LogP contribution in [0.25, 0.3) is 20.9 Å². The van der Waals surface area contributed by atoms with Gasteiger partial charge in [-0.3, -0.25) is 9.97 Å². The van der Waals surface area contributed by atoms with Crippen LogP contribution in [0.15, 0.2) is 73.6 Å². The van der Waals surface area contributed by atoms with Crippen LogP contribution in [0, 0.1) is 13.8 Å². The van der Waals surface area contributed by atoms with Crippen LogP contribution in [0.2, 0.25) is 5.15 Å². The number of nitrogens with one attached hydrogen (secondary N) is 2. The molecule has 0 atom stereocenters. The number of nitrogens with two attached hydrogens (primary N) is 1. The average Bonchev–Trinajstić information content (AvgIpc) is 3.85. The highest BCUT2D eigenvalue weighted by molar-refractivity contribution is 7.15. The second kappa shape index (κ2) is 23.5. The first-order valence-electron chi connectivity index (χ1n) is 19.6. The van der Waals surface area contributed by atoms with E-state index < -0.39 is 23.4 Å². The fourth-order valence-corrected chi connectivity index (χ4v) is 7.38. The van der Waals surface area contributed by atoms with Gasteiger partial charge in [0.2, 0.25) is 0 Å². The monoisotopic (exact) mass is 887 g/mol. The number of carbonyl (C=O) groups excluding carboxylic acids is 2. The van der Waals surface area contributed by atoms with Gasteiger partial charge < -0.3 is 25.8 Å². The summed E-state index contributed by atoms with van der Waals surface area (Å²) in [7, 11) is 0. The minimum Gasteiger partial charge on any atom is -0.444 e. The van der Waals surface area contributed by atoms with Crippen molar-refractivity contribution in [2.75, 3.05) is 19.6 Å². The van der Waals surface area contributed by atoms with Crippen molar-refractivity contribution in [2.24, 2.45) is 5.73 Å². The molecule has 324 valence electrons. The van der Waals surface area contributed by atoms with Crippen LogP contribution >= 0.6 is 34.3 Å². The van der Waals surface area contributed by atoms with Gasteiger partial charge in [0, 0.05) is 75.4 Å². The van der Waals surface area contributed by atoms with Gasteiger partial charge in [-0.2, -0.15) is 0 Å². The number of hydrogen-bond acceptors (Lipinski definition) is 15. The lowest BCUT2D eigenvalue weighted by atomic mass is 10.2. The highest BCUT2D eigenvalue weighted by Gasteiger charge is 2.16. The maximum Gasteiger partial charge on any atom is 0.407 e. The van der Waals surface area contributed by atoms with Gasteiger partial charge in [0.05, 0.1) is 31.2 Å². The van der Waals surface area contributed by atoms with Crippen molar-refractivity contribution in [3.05, 3.63) is 117 Å². The highest BCUT2D eigenvalue weighted by Crippen LogP contribution is 2.28. The number of carbonyl (C=O) groups is 2. The molecular weight excluding hydrogens is 834 g/mol. The first-order valence-corrected chi connectivity index (χ1v) is 21.6. The Morgan fingerprint density at radius 2 is 1.11 bits per heavy atom. The Kier molecular flexibility index (Phi) is 18.6. The third-order valence-corrected chi connectivity index (χ3v) is 9.88. The molecule has 0 saturated carbocycles. The molecule has 6 rings (SSSR count). The number of hydrogen-bond donors (Lipinski definition) is 3. The molecule has 6 aromatic heterocycles.